The van der Waals surface area contributed by atoms with Gasteiger partial charge < -0.3 is 15.5 Å². The Morgan fingerprint density at radius 2 is 1.88 bits per heavy atom. The van der Waals surface area contributed by atoms with Crippen LogP contribution in [0.5, 0.6) is 0 Å². The van der Waals surface area contributed by atoms with Crippen LogP contribution in [0.3, 0.4) is 0 Å². The summed E-state index contributed by atoms with van der Waals surface area (Å²) in [6.07, 6.45) is -3.36. The third-order valence-corrected chi connectivity index (χ3v) is 9.77. The first-order valence-electron chi connectivity index (χ1n) is 10.7. The van der Waals surface area contributed by atoms with Crippen molar-refractivity contribution < 1.29 is 30.8 Å². The molecule has 13 heteroatoms. The van der Waals surface area contributed by atoms with Crippen LogP contribution in [0.2, 0.25) is 0 Å². The van der Waals surface area contributed by atoms with E-state index in [4.69, 9.17) is 5.73 Å². The lowest BCUT2D eigenvalue weighted by molar-refractivity contribution is -0.137. The number of nitrogens with zero attached hydrogens (tertiary/aromatic N) is 3. The summed E-state index contributed by atoms with van der Waals surface area (Å²) in [5.41, 5.74) is 4.19. The lowest BCUT2D eigenvalue weighted by Crippen LogP contribution is -2.54. The Balaban J connectivity index is 1.54. The molecular weight excluding hydrogens is 496 g/mol. The molecule has 186 valence electrons. The summed E-state index contributed by atoms with van der Waals surface area (Å²) in [6, 6.07) is 4.51. The normalized spacial score (nSPS) is 22.4. The number of halogens is 4. The number of carbonyl (C=O) groups excluding carboxylic acids is 1. The zero-order valence-electron chi connectivity index (χ0n) is 18.3. The van der Waals surface area contributed by atoms with E-state index >= 15 is 0 Å². The molecule has 1 aromatic heterocycles. The Morgan fingerprint density at radius 1 is 1.15 bits per heavy atom. The van der Waals surface area contributed by atoms with Crippen molar-refractivity contribution >= 4 is 38.0 Å². The van der Waals surface area contributed by atoms with E-state index in [1.165, 1.54) is 15.3 Å². The maximum absolute atomic E-state index is 13.5. The first-order valence-corrected chi connectivity index (χ1v) is 12.9. The fourth-order valence-electron chi connectivity index (χ4n) is 4.57. The number of rotatable bonds is 5. The number of thiophene rings is 1. The van der Waals surface area contributed by atoms with Crippen LogP contribution in [0.25, 0.3) is 0 Å². The predicted octanol–water partition coefficient (Wildman–Crippen LogP) is 3.26. The van der Waals surface area contributed by atoms with Gasteiger partial charge in [-0.25, -0.2) is 12.8 Å². The van der Waals surface area contributed by atoms with Crippen molar-refractivity contribution in [3.05, 3.63) is 41.7 Å². The van der Waals surface area contributed by atoms with Gasteiger partial charge in [0.25, 0.3) is 10.0 Å². The van der Waals surface area contributed by atoms with E-state index in [9.17, 15) is 30.8 Å². The molecule has 1 aromatic carbocycles. The lowest BCUT2D eigenvalue weighted by Gasteiger charge is -2.40. The number of alkyl halides is 3. The molecule has 34 heavy (non-hydrogen) atoms. The molecule has 0 bridgehead atoms. The van der Waals surface area contributed by atoms with Crippen molar-refractivity contribution in [3.8, 4) is 0 Å². The van der Waals surface area contributed by atoms with Crippen molar-refractivity contribution in [1.82, 2.24) is 4.31 Å². The van der Waals surface area contributed by atoms with Crippen molar-refractivity contribution in [2.75, 3.05) is 36.0 Å². The SMILES string of the molecule is C[C@@H]1CN(c2ccc(F)cc2C(F)(F)F)CCN1S(=O)(=O)c1ccc(N2CCCC2C(N)=O)s1. The van der Waals surface area contributed by atoms with E-state index in [0.717, 1.165) is 29.9 Å². The van der Waals surface area contributed by atoms with Crippen LogP contribution in [0.1, 0.15) is 25.3 Å². The number of anilines is 2. The van der Waals surface area contributed by atoms with Gasteiger partial charge in [0.1, 0.15) is 16.1 Å². The number of hydrogen-bond donors (Lipinski definition) is 1. The van der Waals surface area contributed by atoms with Crippen molar-refractivity contribution in [1.29, 1.82) is 0 Å². The van der Waals surface area contributed by atoms with E-state index in [1.54, 1.807) is 17.9 Å². The largest absolute Gasteiger partial charge is 0.418 e. The zero-order chi connectivity index (χ0) is 24.8. The zero-order valence-corrected chi connectivity index (χ0v) is 19.9. The highest BCUT2D eigenvalue weighted by Gasteiger charge is 2.40. The van der Waals surface area contributed by atoms with Gasteiger partial charge in [0.05, 0.1) is 10.6 Å². The summed E-state index contributed by atoms with van der Waals surface area (Å²) in [5.74, 6) is -1.45. The molecule has 4 rings (SSSR count). The smallest absolute Gasteiger partial charge is 0.368 e. The quantitative estimate of drug-likeness (QED) is 0.612. The number of piperazine rings is 1. The molecule has 2 aliphatic heterocycles. The number of hydrogen-bond acceptors (Lipinski definition) is 6. The standard InChI is InChI=1S/C21H24F4N4O3S2/c1-13-12-27(16-5-4-14(22)11-15(16)21(23,24)25)9-10-29(13)34(31,32)19-7-6-18(33-19)28-8-2-3-17(28)20(26)30/h4-7,11,13,17H,2-3,8-10,12H2,1H3,(H2,26,30)/t13-,17?/m1/s1. The molecule has 0 aliphatic carbocycles. The van der Waals surface area contributed by atoms with Crippen LogP contribution in [-0.4, -0.2) is 56.9 Å². The van der Waals surface area contributed by atoms with Crippen molar-refractivity contribution in [2.45, 2.75) is 42.2 Å². The van der Waals surface area contributed by atoms with E-state index in [1.807, 2.05) is 0 Å². The van der Waals surface area contributed by atoms with Gasteiger partial charge in [-0.15, -0.1) is 11.3 Å². The average Bonchev–Trinajstić information content (AvgIpc) is 3.42. The summed E-state index contributed by atoms with van der Waals surface area (Å²) < 4.78 is 81.8. The molecule has 2 saturated heterocycles. The van der Waals surface area contributed by atoms with Gasteiger partial charge in [0, 0.05) is 37.9 Å². The predicted molar refractivity (Wildman–Crippen MR) is 121 cm³/mol. The number of carbonyl (C=O) groups is 1. The van der Waals surface area contributed by atoms with Gasteiger partial charge in [-0.05, 0) is 50.1 Å². The first-order chi connectivity index (χ1) is 15.9. The second-order valence-electron chi connectivity index (χ2n) is 8.42. The third-order valence-electron chi connectivity index (χ3n) is 6.17. The minimum atomic E-state index is -4.74. The Bertz CT molecular complexity index is 1180. The fourth-order valence-corrected chi connectivity index (χ4v) is 7.69. The van der Waals surface area contributed by atoms with E-state index in [2.05, 4.69) is 0 Å². The van der Waals surface area contributed by atoms with Crippen LogP contribution in [0.15, 0.2) is 34.5 Å². The molecular formula is C21H24F4N4O3S2. The summed E-state index contributed by atoms with van der Waals surface area (Å²) >= 11 is 1.04. The highest BCUT2D eigenvalue weighted by molar-refractivity contribution is 7.91. The molecule has 0 radical (unpaired) electrons. The van der Waals surface area contributed by atoms with Gasteiger partial charge in [-0.1, -0.05) is 0 Å². The topological polar surface area (TPSA) is 87.0 Å². The van der Waals surface area contributed by atoms with Crippen LogP contribution in [-0.2, 0) is 21.0 Å². The monoisotopic (exact) mass is 520 g/mol. The number of nitrogens with two attached hydrogens (primary N) is 1. The van der Waals surface area contributed by atoms with Gasteiger partial charge in [0.15, 0.2) is 0 Å². The van der Waals surface area contributed by atoms with E-state index < -0.39 is 45.6 Å². The highest BCUT2D eigenvalue weighted by atomic mass is 32.2. The molecule has 2 aliphatic rings. The molecule has 2 N–H and O–H groups in total. The minimum Gasteiger partial charge on any atom is -0.368 e. The minimum absolute atomic E-state index is 0.0159. The van der Waals surface area contributed by atoms with Crippen LogP contribution >= 0.6 is 11.3 Å². The molecule has 2 fully saturated rings. The molecule has 0 saturated carbocycles. The number of benzene rings is 1. The molecule has 1 unspecified atom stereocenters. The van der Waals surface area contributed by atoms with Gasteiger partial charge in [-0.2, -0.15) is 17.5 Å². The summed E-state index contributed by atoms with van der Waals surface area (Å²) in [7, 11) is -3.91. The second kappa shape index (κ2) is 9.00. The molecule has 1 amide bonds. The summed E-state index contributed by atoms with van der Waals surface area (Å²) in [6.45, 7) is 2.23. The maximum atomic E-state index is 13.5. The molecule has 0 spiro atoms. The van der Waals surface area contributed by atoms with Gasteiger partial charge in [-0.3, -0.25) is 4.79 Å². The van der Waals surface area contributed by atoms with Crippen LogP contribution in [0, 0.1) is 5.82 Å². The van der Waals surface area contributed by atoms with E-state index in [0.29, 0.717) is 24.0 Å². The molecule has 3 heterocycles. The summed E-state index contributed by atoms with van der Waals surface area (Å²) in [5, 5.41) is 0.632. The average molecular weight is 521 g/mol. The number of sulfonamides is 1. The fraction of sp³-hybridized carbons (Fsp3) is 0.476. The Kier molecular flexibility index (Phi) is 6.55. The second-order valence-corrected chi connectivity index (χ2v) is 11.6. The third kappa shape index (κ3) is 4.60. The van der Waals surface area contributed by atoms with Crippen molar-refractivity contribution in [2.24, 2.45) is 5.73 Å². The maximum Gasteiger partial charge on any atom is 0.418 e. The molecule has 7 nitrogen and oxygen atoms in total. The Hall–Kier alpha value is -2.38. The van der Waals surface area contributed by atoms with Crippen molar-refractivity contribution in [3.63, 3.8) is 0 Å². The Morgan fingerprint density at radius 3 is 2.53 bits per heavy atom. The first kappa shape index (κ1) is 24.7. The molecule has 2 aromatic rings. The molecule has 2 atom stereocenters. The van der Waals surface area contributed by atoms with Crippen LogP contribution in [0.4, 0.5) is 28.3 Å². The summed E-state index contributed by atoms with van der Waals surface area (Å²) in [4.78, 5) is 14.9. The highest BCUT2D eigenvalue weighted by Crippen LogP contribution is 2.39. The number of amides is 1. The number of primary amides is 1. The van der Waals surface area contributed by atoms with Gasteiger partial charge in [0.2, 0.25) is 5.91 Å². The Labute approximate surface area is 198 Å². The lowest BCUT2D eigenvalue weighted by atomic mass is 10.1. The van der Waals surface area contributed by atoms with Crippen LogP contribution < -0.4 is 15.5 Å². The van der Waals surface area contributed by atoms with E-state index in [-0.39, 0.29) is 29.5 Å². The van der Waals surface area contributed by atoms with Gasteiger partial charge >= 0.3 is 6.18 Å².